The molecule has 0 bridgehead atoms. The fourth-order valence-electron chi connectivity index (χ4n) is 3.88. The lowest BCUT2D eigenvalue weighted by atomic mass is 9.94. The number of hydrogen-bond acceptors (Lipinski definition) is 5. The molecule has 7 heteroatoms. The van der Waals surface area contributed by atoms with E-state index in [1.165, 1.54) is 0 Å². The zero-order valence-electron chi connectivity index (χ0n) is 14.5. The Hall–Kier alpha value is -2.12. The van der Waals surface area contributed by atoms with Gasteiger partial charge in [0.05, 0.1) is 36.4 Å². The molecule has 2 aromatic rings. The molecule has 2 aliphatic rings. The van der Waals surface area contributed by atoms with E-state index in [9.17, 15) is 4.79 Å². The number of rotatable bonds is 4. The first-order valence-electron chi connectivity index (χ1n) is 8.84. The summed E-state index contributed by atoms with van der Waals surface area (Å²) in [6, 6.07) is 4.16. The van der Waals surface area contributed by atoms with Gasteiger partial charge in [0, 0.05) is 39.4 Å². The minimum atomic E-state index is -0.214. The van der Waals surface area contributed by atoms with Crippen LogP contribution in [0.5, 0.6) is 0 Å². The van der Waals surface area contributed by atoms with Crippen LogP contribution in [-0.4, -0.2) is 46.2 Å². The lowest BCUT2D eigenvalue weighted by Crippen LogP contribution is -2.47. The van der Waals surface area contributed by atoms with E-state index in [-0.39, 0.29) is 11.8 Å². The summed E-state index contributed by atoms with van der Waals surface area (Å²) in [6.45, 7) is 3.54. The van der Waals surface area contributed by atoms with Crippen LogP contribution in [0.25, 0.3) is 0 Å². The van der Waals surface area contributed by atoms with Gasteiger partial charge in [-0.25, -0.2) is 4.98 Å². The van der Waals surface area contributed by atoms with Crippen molar-refractivity contribution >= 4 is 5.91 Å². The van der Waals surface area contributed by atoms with E-state index in [0.717, 1.165) is 56.3 Å². The molecule has 1 atom stereocenters. The minimum absolute atomic E-state index is 0.0259. The maximum atomic E-state index is 12.9. The smallest absolute Gasteiger partial charge is 0.230 e. The van der Waals surface area contributed by atoms with Crippen LogP contribution in [0.2, 0.25) is 0 Å². The largest absolute Gasteiger partial charge is 0.467 e. The van der Waals surface area contributed by atoms with Crippen molar-refractivity contribution < 1.29 is 13.9 Å². The van der Waals surface area contributed by atoms with E-state index in [1.54, 1.807) is 6.26 Å². The average molecular weight is 344 g/mol. The summed E-state index contributed by atoms with van der Waals surface area (Å²) >= 11 is 0. The highest BCUT2D eigenvalue weighted by Crippen LogP contribution is 2.30. The molecule has 7 nitrogen and oxygen atoms in total. The summed E-state index contributed by atoms with van der Waals surface area (Å²) < 4.78 is 12.8. The van der Waals surface area contributed by atoms with Gasteiger partial charge in [0.1, 0.15) is 5.76 Å². The van der Waals surface area contributed by atoms with Crippen LogP contribution >= 0.6 is 0 Å². The predicted molar refractivity (Wildman–Crippen MR) is 90.8 cm³/mol. The molecule has 0 radical (unpaired) electrons. The summed E-state index contributed by atoms with van der Waals surface area (Å²) in [7, 11) is 1.96. The number of carbonyl (C=O) groups is 1. The molecule has 0 aliphatic carbocycles. The SMILES string of the molecule is Cn1cnc2c1C(C(=O)NCc1ccco1)CN(C1CCOCC1)C2. The predicted octanol–water partition coefficient (Wildman–Crippen LogP) is 1.41. The van der Waals surface area contributed by atoms with Gasteiger partial charge in [-0.15, -0.1) is 0 Å². The topological polar surface area (TPSA) is 72.5 Å². The second-order valence-electron chi connectivity index (χ2n) is 6.81. The lowest BCUT2D eigenvalue weighted by Gasteiger charge is -2.39. The maximum Gasteiger partial charge on any atom is 0.230 e. The van der Waals surface area contributed by atoms with Crippen molar-refractivity contribution in [1.29, 1.82) is 0 Å². The van der Waals surface area contributed by atoms with Gasteiger partial charge in [0.15, 0.2) is 0 Å². The second kappa shape index (κ2) is 7.01. The molecule has 2 aromatic heterocycles. The first-order chi connectivity index (χ1) is 12.2. The number of imidazole rings is 1. The fraction of sp³-hybridized carbons (Fsp3) is 0.556. The number of nitrogens with one attached hydrogen (secondary N) is 1. The third kappa shape index (κ3) is 3.34. The number of hydrogen-bond donors (Lipinski definition) is 1. The molecule has 1 N–H and O–H groups in total. The number of ether oxygens (including phenoxy) is 1. The van der Waals surface area contributed by atoms with Crippen molar-refractivity contribution in [1.82, 2.24) is 19.8 Å². The third-order valence-electron chi connectivity index (χ3n) is 5.20. The van der Waals surface area contributed by atoms with Gasteiger partial charge < -0.3 is 19.0 Å². The quantitative estimate of drug-likeness (QED) is 0.908. The van der Waals surface area contributed by atoms with Crippen molar-refractivity contribution in [3.63, 3.8) is 0 Å². The molecule has 1 saturated heterocycles. The Kier molecular flexibility index (Phi) is 4.59. The van der Waals surface area contributed by atoms with Crippen LogP contribution in [0.4, 0.5) is 0 Å². The molecule has 4 heterocycles. The van der Waals surface area contributed by atoms with Crippen LogP contribution in [0, 0.1) is 0 Å². The number of furan rings is 1. The summed E-state index contributed by atoms with van der Waals surface area (Å²) in [5.74, 6) is 0.572. The molecule has 4 rings (SSSR count). The van der Waals surface area contributed by atoms with Crippen molar-refractivity contribution in [3.05, 3.63) is 41.9 Å². The van der Waals surface area contributed by atoms with Crippen LogP contribution in [0.3, 0.4) is 0 Å². The van der Waals surface area contributed by atoms with Crippen molar-refractivity contribution in [3.8, 4) is 0 Å². The van der Waals surface area contributed by atoms with E-state index in [2.05, 4.69) is 15.2 Å². The van der Waals surface area contributed by atoms with Gasteiger partial charge in [-0.2, -0.15) is 0 Å². The van der Waals surface area contributed by atoms with Gasteiger partial charge >= 0.3 is 0 Å². The molecule has 134 valence electrons. The van der Waals surface area contributed by atoms with Crippen LogP contribution in [0.15, 0.2) is 29.1 Å². The number of nitrogens with zero attached hydrogens (tertiary/aromatic N) is 3. The highest BCUT2D eigenvalue weighted by molar-refractivity contribution is 5.84. The van der Waals surface area contributed by atoms with E-state index in [0.29, 0.717) is 12.6 Å². The molecule has 0 spiro atoms. The Balaban J connectivity index is 1.51. The minimum Gasteiger partial charge on any atom is -0.467 e. The zero-order chi connectivity index (χ0) is 17.2. The number of fused-ring (bicyclic) bond motifs is 1. The molecule has 2 aliphatic heterocycles. The van der Waals surface area contributed by atoms with Crippen LogP contribution < -0.4 is 5.32 Å². The van der Waals surface area contributed by atoms with E-state index in [4.69, 9.17) is 9.15 Å². The highest BCUT2D eigenvalue weighted by Gasteiger charge is 2.36. The molecule has 0 saturated carbocycles. The van der Waals surface area contributed by atoms with Gasteiger partial charge in [-0.1, -0.05) is 0 Å². The Morgan fingerprint density at radius 1 is 1.40 bits per heavy atom. The number of aromatic nitrogens is 2. The van der Waals surface area contributed by atoms with E-state index < -0.39 is 0 Å². The van der Waals surface area contributed by atoms with Crippen molar-refractivity contribution in [2.24, 2.45) is 7.05 Å². The van der Waals surface area contributed by atoms with Gasteiger partial charge in [-0.3, -0.25) is 9.69 Å². The summed E-state index contributed by atoms with van der Waals surface area (Å²) in [5.41, 5.74) is 2.04. The average Bonchev–Trinajstić information content (AvgIpc) is 3.30. The van der Waals surface area contributed by atoms with Gasteiger partial charge in [-0.05, 0) is 25.0 Å². The van der Waals surface area contributed by atoms with E-state index in [1.807, 2.05) is 30.1 Å². The zero-order valence-corrected chi connectivity index (χ0v) is 14.5. The summed E-state index contributed by atoms with van der Waals surface area (Å²) in [4.78, 5) is 19.8. The first kappa shape index (κ1) is 16.4. The molecule has 25 heavy (non-hydrogen) atoms. The third-order valence-corrected chi connectivity index (χ3v) is 5.20. The molecule has 0 aromatic carbocycles. The van der Waals surface area contributed by atoms with Crippen LogP contribution in [0.1, 0.15) is 35.9 Å². The Morgan fingerprint density at radius 3 is 3.00 bits per heavy atom. The van der Waals surface area contributed by atoms with Crippen molar-refractivity contribution in [2.45, 2.75) is 37.9 Å². The number of carbonyl (C=O) groups excluding carboxylic acids is 1. The Morgan fingerprint density at radius 2 is 2.24 bits per heavy atom. The molecule has 1 unspecified atom stereocenters. The fourth-order valence-corrected chi connectivity index (χ4v) is 3.88. The van der Waals surface area contributed by atoms with Crippen LogP contribution in [-0.2, 0) is 29.7 Å². The van der Waals surface area contributed by atoms with Gasteiger partial charge in [0.25, 0.3) is 0 Å². The monoisotopic (exact) mass is 344 g/mol. The summed E-state index contributed by atoms with van der Waals surface area (Å²) in [6.07, 6.45) is 5.46. The van der Waals surface area contributed by atoms with Gasteiger partial charge in [0.2, 0.25) is 5.91 Å². The molecule has 1 fully saturated rings. The second-order valence-corrected chi connectivity index (χ2v) is 6.81. The van der Waals surface area contributed by atoms with E-state index >= 15 is 0 Å². The normalized spacial score (nSPS) is 21.9. The summed E-state index contributed by atoms with van der Waals surface area (Å²) in [5, 5.41) is 3.01. The lowest BCUT2D eigenvalue weighted by molar-refractivity contribution is -0.124. The van der Waals surface area contributed by atoms with Crippen molar-refractivity contribution in [2.75, 3.05) is 19.8 Å². The maximum absolute atomic E-state index is 12.9. The molecular weight excluding hydrogens is 320 g/mol. The Labute approximate surface area is 147 Å². The highest BCUT2D eigenvalue weighted by atomic mass is 16.5. The molecule has 1 amide bonds. The standard InChI is InChI=1S/C18H24N4O3/c1-21-12-20-16-11-22(13-4-7-24-8-5-13)10-15(17(16)21)18(23)19-9-14-3-2-6-25-14/h2-3,6,12-13,15H,4-5,7-11H2,1H3,(H,19,23). The first-order valence-corrected chi connectivity index (χ1v) is 8.84. The molecular formula is C18H24N4O3. The number of aryl methyl sites for hydroxylation is 1. The Bertz CT molecular complexity index is 719. The number of amides is 1.